The molecule has 0 aliphatic carbocycles. The monoisotopic (exact) mass is 361 g/mol. The van der Waals surface area contributed by atoms with Crippen molar-refractivity contribution >= 4 is 16.8 Å². The fraction of sp³-hybridized carbons (Fsp3) is 0.348. The number of hydrogen-bond donors (Lipinski definition) is 1. The Labute approximate surface area is 160 Å². The van der Waals surface area contributed by atoms with Gasteiger partial charge in [-0.15, -0.1) is 0 Å². The first-order valence-electron chi connectivity index (χ1n) is 9.82. The number of nitrogens with one attached hydrogen (secondary N) is 1. The summed E-state index contributed by atoms with van der Waals surface area (Å²) in [7, 11) is 1.99. The van der Waals surface area contributed by atoms with E-state index in [1.54, 1.807) is 0 Å². The second kappa shape index (κ2) is 7.97. The van der Waals surface area contributed by atoms with Crippen LogP contribution in [0.3, 0.4) is 0 Å². The Morgan fingerprint density at radius 3 is 2.74 bits per heavy atom. The number of hydrogen-bond acceptors (Lipinski definition) is 2. The maximum absolute atomic E-state index is 12.9. The summed E-state index contributed by atoms with van der Waals surface area (Å²) in [6, 6.07) is 18.9. The van der Waals surface area contributed by atoms with E-state index in [9.17, 15) is 4.79 Å². The minimum Gasteiger partial charge on any atom is -0.350 e. The van der Waals surface area contributed by atoms with Crippen LogP contribution < -0.4 is 5.32 Å². The highest BCUT2D eigenvalue weighted by molar-refractivity contribution is 6.07. The van der Waals surface area contributed by atoms with Crippen LogP contribution in [0.4, 0.5) is 0 Å². The molecule has 1 aliphatic rings. The van der Waals surface area contributed by atoms with Gasteiger partial charge in [0, 0.05) is 43.3 Å². The molecule has 2 aromatic carbocycles. The lowest BCUT2D eigenvalue weighted by Crippen LogP contribution is -2.48. The Hall–Kier alpha value is -2.59. The first kappa shape index (κ1) is 17.8. The van der Waals surface area contributed by atoms with E-state index in [-0.39, 0.29) is 11.9 Å². The number of nitrogens with zero attached hydrogens (tertiary/aromatic N) is 2. The molecule has 0 bridgehead atoms. The lowest BCUT2D eigenvalue weighted by atomic mass is 10.0. The van der Waals surface area contributed by atoms with Gasteiger partial charge in [-0.05, 0) is 37.4 Å². The first-order chi connectivity index (χ1) is 13.2. The van der Waals surface area contributed by atoms with Crippen molar-refractivity contribution in [3.05, 3.63) is 71.9 Å². The molecule has 1 N–H and O–H groups in total. The lowest BCUT2D eigenvalue weighted by Gasteiger charge is -2.33. The molecule has 1 aromatic heterocycles. The molecule has 3 aromatic rings. The smallest absolute Gasteiger partial charge is 0.253 e. The lowest BCUT2D eigenvalue weighted by molar-refractivity contribution is 0.0905. The fourth-order valence-electron chi connectivity index (χ4n) is 4.09. The van der Waals surface area contributed by atoms with Crippen molar-refractivity contribution in [3.63, 3.8) is 0 Å². The summed E-state index contributed by atoms with van der Waals surface area (Å²) in [5, 5.41) is 4.30. The molecule has 1 atom stereocenters. The highest BCUT2D eigenvalue weighted by Crippen LogP contribution is 2.21. The number of fused-ring (bicyclic) bond motifs is 1. The van der Waals surface area contributed by atoms with Crippen molar-refractivity contribution in [2.24, 2.45) is 7.05 Å². The van der Waals surface area contributed by atoms with Gasteiger partial charge in [0.1, 0.15) is 0 Å². The van der Waals surface area contributed by atoms with Gasteiger partial charge in [0.2, 0.25) is 0 Å². The van der Waals surface area contributed by atoms with Gasteiger partial charge in [-0.1, -0.05) is 48.5 Å². The highest BCUT2D eigenvalue weighted by atomic mass is 16.1. The van der Waals surface area contributed by atoms with E-state index in [0.717, 1.165) is 55.4 Å². The van der Waals surface area contributed by atoms with Crippen molar-refractivity contribution in [3.8, 4) is 0 Å². The van der Waals surface area contributed by atoms with Crippen molar-refractivity contribution in [2.45, 2.75) is 25.3 Å². The van der Waals surface area contributed by atoms with E-state index in [0.29, 0.717) is 0 Å². The van der Waals surface area contributed by atoms with Gasteiger partial charge < -0.3 is 14.8 Å². The number of carbonyl (C=O) groups is 1. The van der Waals surface area contributed by atoms with Crippen LogP contribution in [0.25, 0.3) is 10.9 Å². The average molecular weight is 361 g/mol. The number of rotatable bonds is 5. The molecule has 2 heterocycles. The van der Waals surface area contributed by atoms with Crippen LogP contribution in [0, 0.1) is 0 Å². The predicted octanol–water partition coefficient (Wildman–Crippen LogP) is 3.62. The third kappa shape index (κ3) is 4.06. The highest BCUT2D eigenvalue weighted by Gasteiger charge is 2.23. The molecule has 4 heteroatoms. The maximum atomic E-state index is 12.9. The van der Waals surface area contributed by atoms with Crippen LogP contribution >= 0.6 is 0 Å². The zero-order valence-electron chi connectivity index (χ0n) is 15.9. The molecule has 0 spiro atoms. The summed E-state index contributed by atoms with van der Waals surface area (Å²) in [6.45, 7) is 3.10. The van der Waals surface area contributed by atoms with Crippen molar-refractivity contribution < 1.29 is 4.79 Å². The van der Waals surface area contributed by atoms with Gasteiger partial charge in [-0.25, -0.2) is 0 Å². The molecule has 4 nitrogen and oxygen atoms in total. The normalized spacial score (nSPS) is 17.9. The number of aryl methyl sites for hydroxylation is 1. The van der Waals surface area contributed by atoms with Gasteiger partial charge in [0.05, 0.1) is 5.56 Å². The van der Waals surface area contributed by atoms with Crippen molar-refractivity contribution in [2.75, 3.05) is 19.6 Å². The van der Waals surface area contributed by atoms with Crippen LogP contribution in [0.1, 0.15) is 28.8 Å². The minimum atomic E-state index is 0.0432. The van der Waals surface area contributed by atoms with Gasteiger partial charge in [0.15, 0.2) is 0 Å². The number of carbonyl (C=O) groups excluding carboxylic acids is 1. The molecule has 0 radical (unpaired) electrons. The minimum absolute atomic E-state index is 0.0432. The molecule has 1 aliphatic heterocycles. The second-order valence-electron chi connectivity index (χ2n) is 7.52. The van der Waals surface area contributed by atoms with Crippen LogP contribution in [0.5, 0.6) is 0 Å². The summed E-state index contributed by atoms with van der Waals surface area (Å²) in [6.07, 6.45) is 5.19. The molecular weight excluding hydrogens is 334 g/mol. The maximum Gasteiger partial charge on any atom is 0.253 e. The number of amides is 1. The van der Waals surface area contributed by atoms with Crippen molar-refractivity contribution in [1.29, 1.82) is 0 Å². The molecule has 1 saturated heterocycles. The van der Waals surface area contributed by atoms with Gasteiger partial charge in [-0.2, -0.15) is 0 Å². The summed E-state index contributed by atoms with van der Waals surface area (Å²) in [4.78, 5) is 15.4. The summed E-state index contributed by atoms with van der Waals surface area (Å²) in [5.41, 5.74) is 3.24. The second-order valence-corrected chi connectivity index (χ2v) is 7.52. The number of likely N-dealkylation sites (tertiary alicyclic amines) is 1. The number of piperidine rings is 1. The third-order valence-electron chi connectivity index (χ3n) is 5.54. The Kier molecular flexibility index (Phi) is 5.26. The number of aromatic nitrogens is 1. The molecular formula is C23H27N3O. The first-order valence-corrected chi connectivity index (χ1v) is 9.82. The fourth-order valence-corrected chi connectivity index (χ4v) is 4.09. The standard InChI is InChI=1S/C23H27N3O/c1-25-17-21(20-11-5-6-12-22(20)25)23(27)24-19-10-7-14-26(16-19)15-13-18-8-3-2-4-9-18/h2-6,8-9,11-12,17,19H,7,10,13-16H2,1H3,(H,24,27). The zero-order valence-corrected chi connectivity index (χ0v) is 15.9. The molecule has 1 fully saturated rings. The van der Waals surface area contributed by atoms with E-state index in [2.05, 4.69) is 46.6 Å². The van der Waals surface area contributed by atoms with Crippen LogP contribution in [-0.4, -0.2) is 41.1 Å². The molecule has 4 rings (SSSR count). The summed E-state index contributed by atoms with van der Waals surface area (Å²) in [5.74, 6) is 0.0432. The molecule has 1 amide bonds. The van der Waals surface area contributed by atoms with Crippen LogP contribution in [0.15, 0.2) is 60.8 Å². The van der Waals surface area contributed by atoms with Crippen LogP contribution in [-0.2, 0) is 13.5 Å². The Morgan fingerprint density at radius 2 is 1.89 bits per heavy atom. The third-order valence-corrected chi connectivity index (χ3v) is 5.54. The number of benzene rings is 2. The summed E-state index contributed by atoms with van der Waals surface area (Å²) >= 11 is 0. The van der Waals surface area contributed by atoms with E-state index < -0.39 is 0 Å². The predicted molar refractivity (Wildman–Crippen MR) is 110 cm³/mol. The van der Waals surface area contributed by atoms with E-state index >= 15 is 0 Å². The van der Waals surface area contributed by atoms with Gasteiger partial charge in [0.25, 0.3) is 5.91 Å². The van der Waals surface area contributed by atoms with Gasteiger partial charge in [-0.3, -0.25) is 4.79 Å². The van der Waals surface area contributed by atoms with Crippen molar-refractivity contribution in [1.82, 2.24) is 14.8 Å². The quantitative estimate of drug-likeness (QED) is 0.754. The Morgan fingerprint density at radius 1 is 1.11 bits per heavy atom. The zero-order chi connectivity index (χ0) is 18.6. The summed E-state index contributed by atoms with van der Waals surface area (Å²) < 4.78 is 2.03. The molecule has 1 unspecified atom stereocenters. The van der Waals surface area contributed by atoms with E-state index in [1.165, 1.54) is 5.56 Å². The largest absolute Gasteiger partial charge is 0.350 e. The Bertz CT molecular complexity index is 916. The Balaban J connectivity index is 1.38. The topological polar surface area (TPSA) is 37.3 Å². The SMILES string of the molecule is Cn1cc(C(=O)NC2CCCN(CCc3ccccc3)C2)c2ccccc21. The van der Waals surface area contributed by atoms with Gasteiger partial charge >= 0.3 is 0 Å². The van der Waals surface area contributed by atoms with E-state index in [4.69, 9.17) is 0 Å². The van der Waals surface area contributed by atoms with Crippen LogP contribution in [0.2, 0.25) is 0 Å². The molecule has 27 heavy (non-hydrogen) atoms. The molecule has 140 valence electrons. The average Bonchev–Trinajstić information content (AvgIpc) is 3.05. The van der Waals surface area contributed by atoms with E-state index in [1.807, 2.05) is 36.0 Å². The number of para-hydroxylation sites is 1. The molecule has 0 saturated carbocycles.